The summed E-state index contributed by atoms with van der Waals surface area (Å²) in [4.78, 5) is 28.2. The predicted molar refractivity (Wildman–Crippen MR) is 87.9 cm³/mol. The summed E-state index contributed by atoms with van der Waals surface area (Å²) in [7, 11) is 1.55. The van der Waals surface area contributed by atoms with Gasteiger partial charge in [-0.2, -0.15) is 0 Å². The van der Waals surface area contributed by atoms with Gasteiger partial charge in [0, 0.05) is 24.4 Å². The van der Waals surface area contributed by atoms with Gasteiger partial charge in [0.1, 0.15) is 11.4 Å². The number of benzene rings is 1. The average Bonchev–Trinajstić information content (AvgIpc) is 2.57. The fraction of sp³-hybridized carbons (Fsp3) is 0.188. The predicted octanol–water partition coefficient (Wildman–Crippen LogP) is 2.36. The molecule has 2 N–H and O–H groups in total. The van der Waals surface area contributed by atoms with Crippen LogP contribution >= 0.6 is 11.6 Å². The van der Waals surface area contributed by atoms with Crippen LogP contribution in [0.5, 0.6) is 0 Å². The number of hydrogen-bond acceptors (Lipinski definition) is 4. The smallest absolute Gasteiger partial charge is 0.274 e. The number of nitrogens with one attached hydrogen (secondary N) is 2. The fourth-order valence-corrected chi connectivity index (χ4v) is 1.90. The van der Waals surface area contributed by atoms with Gasteiger partial charge in [0.15, 0.2) is 0 Å². The molecule has 2 aromatic rings. The van der Waals surface area contributed by atoms with E-state index in [2.05, 4.69) is 15.6 Å². The molecular weight excluding hydrogens is 318 g/mol. The van der Waals surface area contributed by atoms with Crippen molar-refractivity contribution >= 4 is 29.1 Å². The molecule has 1 heterocycles. The van der Waals surface area contributed by atoms with Crippen LogP contribution < -0.4 is 10.6 Å². The van der Waals surface area contributed by atoms with Crippen molar-refractivity contribution in [2.45, 2.75) is 0 Å². The highest BCUT2D eigenvalue weighted by Crippen LogP contribution is 2.14. The molecule has 0 aliphatic rings. The number of pyridine rings is 1. The van der Waals surface area contributed by atoms with E-state index in [9.17, 15) is 9.59 Å². The van der Waals surface area contributed by atoms with Crippen molar-refractivity contribution in [3.05, 3.63) is 58.9 Å². The molecule has 0 radical (unpaired) electrons. The first-order valence-corrected chi connectivity index (χ1v) is 7.29. The highest BCUT2D eigenvalue weighted by molar-refractivity contribution is 6.30. The lowest BCUT2D eigenvalue weighted by Crippen LogP contribution is -2.28. The maximum atomic E-state index is 12.2. The molecule has 0 spiro atoms. The quantitative estimate of drug-likeness (QED) is 0.795. The molecule has 2 rings (SSSR count). The second-order valence-corrected chi connectivity index (χ2v) is 5.05. The molecule has 0 atom stereocenters. The van der Waals surface area contributed by atoms with Crippen molar-refractivity contribution in [1.82, 2.24) is 10.3 Å². The van der Waals surface area contributed by atoms with Gasteiger partial charge >= 0.3 is 0 Å². The van der Waals surface area contributed by atoms with Crippen LogP contribution in [0.1, 0.15) is 21.0 Å². The number of ether oxygens (including phenoxy) is 1. The summed E-state index contributed by atoms with van der Waals surface area (Å²) in [5.41, 5.74) is 0.917. The third kappa shape index (κ3) is 5.05. The molecule has 0 fully saturated rings. The Hall–Kier alpha value is -2.44. The van der Waals surface area contributed by atoms with E-state index in [1.807, 2.05) is 0 Å². The lowest BCUT2D eigenvalue weighted by atomic mass is 10.2. The maximum Gasteiger partial charge on any atom is 0.274 e. The average molecular weight is 334 g/mol. The summed E-state index contributed by atoms with van der Waals surface area (Å²) < 4.78 is 4.86. The van der Waals surface area contributed by atoms with E-state index in [1.54, 1.807) is 43.5 Å². The van der Waals surface area contributed by atoms with Crippen LogP contribution in [0.15, 0.2) is 42.5 Å². The van der Waals surface area contributed by atoms with Crippen LogP contribution in [0, 0.1) is 0 Å². The van der Waals surface area contributed by atoms with Gasteiger partial charge in [-0.05, 0) is 36.4 Å². The Kier molecular flexibility index (Phi) is 6.08. The largest absolute Gasteiger partial charge is 0.383 e. The molecule has 1 aromatic heterocycles. The Balaban J connectivity index is 2.04. The summed E-state index contributed by atoms with van der Waals surface area (Å²) in [5, 5.41) is 5.92. The number of aromatic nitrogens is 1. The molecule has 0 unspecified atom stereocenters. The summed E-state index contributed by atoms with van der Waals surface area (Å²) in [6.07, 6.45) is 0. The van der Waals surface area contributed by atoms with Gasteiger partial charge in [-0.3, -0.25) is 9.59 Å². The lowest BCUT2D eigenvalue weighted by Gasteiger charge is -2.07. The number of rotatable bonds is 6. The summed E-state index contributed by atoms with van der Waals surface area (Å²) in [6.45, 7) is 0.778. The molecule has 1 aromatic carbocycles. The minimum atomic E-state index is -0.404. The Bertz CT molecular complexity index is 689. The number of carbonyl (C=O) groups is 2. The molecule has 120 valence electrons. The molecule has 0 aliphatic carbocycles. The van der Waals surface area contributed by atoms with Crippen LogP contribution in [-0.4, -0.2) is 37.1 Å². The lowest BCUT2D eigenvalue weighted by molar-refractivity contribution is 0.0932. The third-order valence-corrected chi connectivity index (χ3v) is 3.16. The summed E-state index contributed by atoms with van der Waals surface area (Å²) in [5.74, 6) is -0.762. The Morgan fingerprint density at radius 1 is 1.09 bits per heavy atom. The molecule has 0 aliphatic heterocycles. The van der Waals surface area contributed by atoms with Gasteiger partial charge in [0.2, 0.25) is 0 Å². The molecule has 0 saturated heterocycles. The van der Waals surface area contributed by atoms with Gasteiger partial charge in [0.25, 0.3) is 11.8 Å². The Morgan fingerprint density at radius 3 is 2.39 bits per heavy atom. The van der Waals surface area contributed by atoms with Crippen LogP contribution in [0.2, 0.25) is 5.02 Å². The van der Waals surface area contributed by atoms with Crippen molar-refractivity contribution in [2.24, 2.45) is 0 Å². The van der Waals surface area contributed by atoms with Crippen molar-refractivity contribution < 1.29 is 14.3 Å². The SMILES string of the molecule is COCCNC(=O)c1cccc(C(=O)Nc2ccc(Cl)cc2)n1. The van der Waals surface area contributed by atoms with E-state index in [0.717, 1.165) is 0 Å². The number of hydrogen-bond donors (Lipinski definition) is 2. The topological polar surface area (TPSA) is 80.3 Å². The standard InChI is InChI=1S/C16H16ClN3O3/c1-23-10-9-18-15(21)13-3-2-4-14(20-13)16(22)19-12-7-5-11(17)6-8-12/h2-8H,9-10H2,1H3,(H,18,21)(H,19,22). The number of carbonyl (C=O) groups excluding carboxylic acids is 2. The first kappa shape index (κ1) is 16.9. The maximum absolute atomic E-state index is 12.2. The van der Waals surface area contributed by atoms with Crippen molar-refractivity contribution in [3.63, 3.8) is 0 Å². The number of anilines is 1. The Morgan fingerprint density at radius 2 is 1.74 bits per heavy atom. The molecule has 7 heteroatoms. The molecule has 2 amide bonds. The van der Waals surface area contributed by atoms with Crippen LogP contribution in [0.25, 0.3) is 0 Å². The number of halogens is 1. The van der Waals surface area contributed by atoms with Crippen LogP contribution in [-0.2, 0) is 4.74 Å². The zero-order valence-electron chi connectivity index (χ0n) is 12.5. The first-order chi connectivity index (χ1) is 11.1. The molecule has 23 heavy (non-hydrogen) atoms. The number of nitrogens with zero attached hydrogens (tertiary/aromatic N) is 1. The Labute approximate surface area is 138 Å². The molecule has 6 nitrogen and oxygen atoms in total. The second kappa shape index (κ2) is 8.26. The van der Waals surface area contributed by atoms with E-state index >= 15 is 0 Å². The van der Waals surface area contributed by atoms with E-state index in [1.165, 1.54) is 6.07 Å². The van der Waals surface area contributed by atoms with E-state index in [-0.39, 0.29) is 17.3 Å². The van der Waals surface area contributed by atoms with Crippen molar-refractivity contribution in [3.8, 4) is 0 Å². The normalized spacial score (nSPS) is 10.2. The number of amides is 2. The van der Waals surface area contributed by atoms with E-state index in [4.69, 9.17) is 16.3 Å². The molecule has 0 bridgehead atoms. The van der Waals surface area contributed by atoms with Crippen molar-refractivity contribution in [1.29, 1.82) is 0 Å². The first-order valence-electron chi connectivity index (χ1n) is 6.91. The molecule has 0 saturated carbocycles. The van der Waals surface area contributed by atoms with E-state index in [0.29, 0.717) is 23.9 Å². The third-order valence-electron chi connectivity index (χ3n) is 2.91. The number of methoxy groups -OCH3 is 1. The van der Waals surface area contributed by atoms with E-state index < -0.39 is 5.91 Å². The van der Waals surface area contributed by atoms with Crippen molar-refractivity contribution in [2.75, 3.05) is 25.6 Å². The van der Waals surface area contributed by atoms with Gasteiger partial charge in [-0.25, -0.2) is 4.98 Å². The minimum absolute atomic E-state index is 0.152. The highest BCUT2D eigenvalue weighted by Gasteiger charge is 2.12. The second-order valence-electron chi connectivity index (χ2n) is 4.62. The van der Waals surface area contributed by atoms with Gasteiger partial charge < -0.3 is 15.4 Å². The van der Waals surface area contributed by atoms with Crippen LogP contribution in [0.4, 0.5) is 5.69 Å². The monoisotopic (exact) mass is 333 g/mol. The van der Waals surface area contributed by atoms with Gasteiger partial charge in [-0.1, -0.05) is 17.7 Å². The fourth-order valence-electron chi connectivity index (χ4n) is 1.77. The van der Waals surface area contributed by atoms with Gasteiger partial charge in [-0.15, -0.1) is 0 Å². The zero-order valence-corrected chi connectivity index (χ0v) is 13.3. The summed E-state index contributed by atoms with van der Waals surface area (Å²) >= 11 is 5.79. The molecular formula is C16H16ClN3O3. The summed E-state index contributed by atoms with van der Waals surface area (Å²) in [6, 6.07) is 11.4. The minimum Gasteiger partial charge on any atom is -0.383 e. The van der Waals surface area contributed by atoms with Crippen LogP contribution in [0.3, 0.4) is 0 Å². The highest BCUT2D eigenvalue weighted by atomic mass is 35.5. The van der Waals surface area contributed by atoms with Gasteiger partial charge in [0.05, 0.1) is 6.61 Å². The zero-order chi connectivity index (χ0) is 16.7.